The standard InChI is InChI=1S/C17H21FN4O2/c1-19-16(23)7-11-3-5-22(6-4-11)17-12-8-15(24-2)13(18)9-14(12)20-10-21-17/h8-11H,3-7H2,1-2H3,(H,19,23). The molecule has 0 unspecified atom stereocenters. The maximum Gasteiger partial charge on any atom is 0.220 e. The number of fused-ring (bicyclic) bond motifs is 1. The zero-order valence-corrected chi connectivity index (χ0v) is 13.9. The number of carbonyl (C=O) groups is 1. The lowest BCUT2D eigenvalue weighted by Gasteiger charge is -2.33. The third-order valence-electron chi connectivity index (χ3n) is 4.55. The molecule has 1 saturated heterocycles. The number of halogens is 1. The number of methoxy groups -OCH3 is 1. The van der Waals surface area contributed by atoms with Gasteiger partial charge in [-0.3, -0.25) is 4.79 Å². The largest absolute Gasteiger partial charge is 0.494 e. The Labute approximate surface area is 140 Å². The fourth-order valence-electron chi connectivity index (χ4n) is 3.17. The van der Waals surface area contributed by atoms with Crippen LogP contribution in [0.25, 0.3) is 10.9 Å². The van der Waals surface area contributed by atoms with Crippen molar-refractivity contribution in [1.29, 1.82) is 0 Å². The molecule has 2 heterocycles. The number of anilines is 1. The highest BCUT2D eigenvalue weighted by atomic mass is 19.1. The molecular weight excluding hydrogens is 311 g/mol. The minimum Gasteiger partial charge on any atom is -0.494 e. The number of hydrogen-bond acceptors (Lipinski definition) is 5. The van der Waals surface area contributed by atoms with Crippen LogP contribution in [0.2, 0.25) is 0 Å². The van der Waals surface area contributed by atoms with Gasteiger partial charge in [-0.05, 0) is 24.8 Å². The fourth-order valence-corrected chi connectivity index (χ4v) is 3.17. The van der Waals surface area contributed by atoms with E-state index in [1.807, 2.05) is 0 Å². The van der Waals surface area contributed by atoms with Gasteiger partial charge in [0, 0.05) is 38.0 Å². The summed E-state index contributed by atoms with van der Waals surface area (Å²) in [6, 6.07) is 3.02. The number of nitrogens with one attached hydrogen (secondary N) is 1. The Hall–Kier alpha value is -2.44. The first kappa shape index (κ1) is 16.4. The summed E-state index contributed by atoms with van der Waals surface area (Å²) in [6.07, 6.45) is 3.88. The van der Waals surface area contributed by atoms with Gasteiger partial charge < -0.3 is 15.0 Å². The summed E-state index contributed by atoms with van der Waals surface area (Å²) < 4.78 is 18.9. The molecule has 1 aliphatic rings. The first-order valence-electron chi connectivity index (χ1n) is 8.06. The SMILES string of the molecule is CNC(=O)CC1CCN(c2ncnc3cc(F)c(OC)cc23)CC1. The molecule has 6 nitrogen and oxygen atoms in total. The molecule has 0 saturated carbocycles. The van der Waals surface area contributed by atoms with Crippen molar-refractivity contribution < 1.29 is 13.9 Å². The van der Waals surface area contributed by atoms with Gasteiger partial charge in [-0.25, -0.2) is 14.4 Å². The van der Waals surface area contributed by atoms with Crippen molar-refractivity contribution in [2.24, 2.45) is 5.92 Å². The lowest BCUT2D eigenvalue weighted by molar-refractivity contribution is -0.121. The Morgan fingerprint density at radius 3 is 2.79 bits per heavy atom. The minimum atomic E-state index is -0.432. The lowest BCUT2D eigenvalue weighted by Crippen LogP contribution is -2.36. The van der Waals surface area contributed by atoms with E-state index in [0.29, 0.717) is 17.9 Å². The predicted octanol–water partition coefficient (Wildman–Crippen LogP) is 2.13. The summed E-state index contributed by atoms with van der Waals surface area (Å²) in [5.41, 5.74) is 0.561. The first-order chi connectivity index (χ1) is 11.6. The number of amides is 1. The van der Waals surface area contributed by atoms with Crippen LogP contribution in [0.5, 0.6) is 5.75 Å². The van der Waals surface area contributed by atoms with E-state index < -0.39 is 5.82 Å². The van der Waals surface area contributed by atoms with Crippen LogP contribution in [-0.4, -0.2) is 43.1 Å². The summed E-state index contributed by atoms with van der Waals surface area (Å²) in [6.45, 7) is 1.63. The van der Waals surface area contributed by atoms with Crippen LogP contribution in [0.3, 0.4) is 0 Å². The number of aromatic nitrogens is 2. The summed E-state index contributed by atoms with van der Waals surface area (Å²) >= 11 is 0. The third kappa shape index (κ3) is 3.25. The Morgan fingerprint density at radius 1 is 1.38 bits per heavy atom. The van der Waals surface area contributed by atoms with Crippen molar-refractivity contribution in [2.75, 3.05) is 32.1 Å². The fraction of sp³-hybridized carbons (Fsp3) is 0.471. The van der Waals surface area contributed by atoms with Crippen LogP contribution < -0.4 is 15.0 Å². The number of rotatable bonds is 4. The van der Waals surface area contributed by atoms with E-state index in [4.69, 9.17) is 4.74 Å². The van der Waals surface area contributed by atoms with Crippen LogP contribution >= 0.6 is 0 Å². The summed E-state index contributed by atoms with van der Waals surface area (Å²) in [5.74, 6) is 1.02. The van der Waals surface area contributed by atoms with Gasteiger partial charge in [-0.15, -0.1) is 0 Å². The summed E-state index contributed by atoms with van der Waals surface area (Å²) in [5, 5.41) is 3.45. The van der Waals surface area contributed by atoms with Crippen molar-refractivity contribution in [3.05, 3.63) is 24.3 Å². The molecule has 24 heavy (non-hydrogen) atoms. The van der Waals surface area contributed by atoms with Gasteiger partial charge in [-0.1, -0.05) is 0 Å². The second kappa shape index (κ2) is 6.98. The highest BCUT2D eigenvalue weighted by Crippen LogP contribution is 2.31. The highest BCUT2D eigenvalue weighted by Gasteiger charge is 2.23. The summed E-state index contributed by atoms with van der Waals surface area (Å²) in [7, 11) is 3.11. The third-order valence-corrected chi connectivity index (χ3v) is 4.55. The average Bonchev–Trinajstić information content (AvgIpc) is 2.61. The van der Waals surface area contributed by atoms with Gasteiger partial charge in [0.25, 0.3) is 0 Å². The quantitative estimate of drug-likeness (QED) is 0.929. The van der Waals surface area contributed by atoms with Crippen LogP contribution in [0, 0.1) is 11.7 Å². The number of ether oxygens (including phenoxy) is 1. The van der Waals surface area contributed by atoms with E-state index >= 15 is 0 Å². The van der Waals surface area contributed by atoms with Gasteiger partial charge in [-0.2, -0.15) is 0 Å². The monoisotopic (exact) mass is 332 g/mol. The van der Waals surface area contributed by atoms with E-state index in [2.05, 4.69) is 20.2 Å². The van der Waals surface area contributed by atoms with Crippen molar-refractivity contribution in [3.63, 3.8) is 0 Å². The Morgan fingerprint density at radius 2 is 2.12 bits per heavy atom. The molecule has 0 aliphatic carbocycles. The molecule has 128 valence electrons. The Balaban J connectivity index is 1.82. The van der Waals surface area contributed by atoms with Crippen molar-refractivity contribution in [3.8, 4) is 5.75 Å². The molecule has 0 spiro atoms. The van der Waals surface area contributed by atoms with Crippen molar-refractivity contribution >= 4 is 22.6 Å². The molecule has 1 aromatic heterocycles. The number of piperidine rings is 1. The van der Waals surface area contributed by atoms with Gasteiger partial charge in [0.15, 0.2) is 11.6 Å². The highest BCUT2D eigenvalue weighted by molar-refractivity contribution is 5.90. The maximum absolute atomic E-state index is 13.9. The molecule has 0 radical (unpaired) electrons. The summed E-state index contributed by atoms with van der Waals surface area (Å²) in [4.78, 5) is 22.2. The van der Waals surface area contributed by atoms with Crippen LogP contribution in [0.1, 0.15) is 19.3 Å². The van der Waals surface area contributed by atoms with E-state index in [0.717, 1.165) is 37.1 Å². The maximum atomic E-state index is 13.9. The van der Waals surface area contributed by atoms with E-state index in [9.17, 15) is 9.18 Å². The average molecular weight is 332 g/mol. The predicted molar refractivity (Wildman–Crippen MR) is 89.7 cm³/mol. The Bertz CT molecular complexity index is 745. The van der Waals surface area contributed by atoms with Crippen LogP contribution in [0.15, 0.2) is 18.5 Å². The van der Waals surface area contributed by atoms with Crippen LogP contribution in [-0.2, 0) is 4.79 Å². The molecule has 3 rings (SSSR count). The van der Waals surface area contributed by atoms with Crippen molar-refractivity contribution in [2.45, 2.75) is 19.3 Å². The van der Waals surface area contributed by atoms with Gasteiger partial charge in [0.1, 0.15) is 12.1 Å². The van der Waals surface area contributed by atoms with Crippen LogP contribution in [0.4, 0.5) is 10.2 Å². The van der Waals surface area contributed by atoms with E-state index in [1.165, 1.54) is 19.5 Å². The van der Waals surface area contributed by atoms with Crippen molar-refractivity contribution in [1.82, 2.24) is 15.3 Å². The number of hydrogen-bond donors (Lipinski definition) is 1. The number of nitrogens with zero attached hydrogens (tertiary/aromatic N) is 3. The molecule has 1 fully saturated rings. The molecule has 1 amide bonds. The van der Waals surface area contributed by atoms with E-state index in [1.54, 1.807) is 13.1 Å². The minimum absolute atomic E-state index is 0.0844. The molecule has 7 heteroatoms. The van der Waals surface area contributed by atoms with Gasteiger partial charge >= 0.3 is 0 Å². The smallest absolute Gasteiger partial charge is 0.220 e. The molecule has 0 bridgehead atoms. The topological polar surface area (TPSA) is 67.4 Å². The number of carbonyl (C=O) groups excluding carboxylic acids is 1. The number of benzene rings is 1. The molecule has 0 atom stereocenters. The first-order valence-corrected chi connectivity index (χ1v) is 8.06. The molecule has 1 N–H and O–H groups in total. The molecular formula is C17H21FN4O2. The molecule has 2 aromatic rings. The lowest BCUT2D eigenvalue weighted by atomic mass is 9.93. The zero-order valence-electron chi connectivity index (χ0n) is 13.9. The zero-order chi connectivity index (χ0) is 17.1. The normalized spacial score (nSPS) is 15.5. The Kier molecular flexibility index (Phi) is 4.78. The van der Waals surface area contributed by atoms with E-state index in [-0.39, 0.29) is 11.7 Å². The molecule has 1 aromatic carbocycles. The van der Waals surface area contributed by atoms with Gasteiger partial charge in [0.05, 0.1) is 12.6 Å². The van der Waals surface area contributed by atoms with Gasteiger partial charge in [0.2, 0.25) is 5.91 Å². The second-order valence-corrected chi connectivity index (χ2v) is 6.01. The second-order valence-electron chi connectivity index (χ2n) is 6.01. The molecule has 1 aliphatic heterocycles.